The van der Waals surface area contributed by atoms with Gasteiger partial charge in [0.15, 0.2) is 5.60 Å². The summed E-state index contributed by atoms with van der Waals surface area (Å²) in [5.74, 6) is -0.603. The fourth-order valence-electron chi connectivity index (χ4n) is 4.88. The summed E-state index contributed by atoms with van der Waals surface area (Å²) in [7, 11) is 0. The highest BCUT2D eigenvalue weighted by atomic mass is 16.6. The van der Waals surface area contributed by atoms with E-state index in [1.165, 1.54) is 0 Å². The first-order chi connectivity index (χ1) is 14.1. The van der Waals surface area contributed by atoms with Crippen LogP contribution in [0.1, 0.15) is 40.5 Å². The van der Waals surface area contributed by atoms with Crippen LogP contribution < -0.4 is 0 Å². The lowest BCUT2D eigenvalue weighted by Crippen LogP contribution is -2.53. The molecule has 30 heavy (non-hydrogen) atoms. The van der Waals surface area contributed by atoms with Gasteiger partial charge in [-0.3, -0.25) is 4.79 Å². The quantitative estimate of drug-likeness (QED) is 0.374. The second-order valence-electron chi connectivity index (χ2n) is 9.02. The van der Waals surface area contributed by atoms with Crippen LogP contribution in [0.2, 0.25) is 0 Å². The third-order valence-corrected chi connectivity index (χ3v) is 6.62. The van der Waals surface area contributed by atoms with Crippen LogP contribution in [0.15, 0.2) is 70.6 Å². The highest BCUT2D eigenvalue weighted by Crippen LogP contribution is 2.53. The van der Waals surface area contributed by atoms with Crippen molar-refractivity contribution in [1.29, 1.82) is 0 Å². The molecule has 0 amide bonds. The van der Waals surface area contributed by atoms with Gasteiger partial charge in [-0.2, -0.15) is 0 Å². The van der Waals surface area contributed by atoms with Crippen LogP contribution in [0, 0.1) is 11.3 Å². The summed E-state index contributed by atoms with van der Waals surface area (Å²) in [5, 5.41) is 10.3. The first-order valence-electron chi connectivity index (χ1n) is 10.4. The van der Waals surface area contributed by atoms with E-state index in [1.807, 2.05) is 39.0 Å². The molecule has 0 saturated carbocycles. The van der Waals surface area contributed by atoms with E-state index in [-0.39, 0.29) is 29.6 Å². The molecule has 0 radical (unpaired) electrons. The van der Waals surface area contributed by atoms with Gasteiger partial charge >= 0.3 is 5.97 Å². The summed E-state index contributed by atoms with van der Waals surface area (Å²) in [6.45, 7) is 8.19. The second kappa shape index (κ2) is 7.24. The number of esters is 1. The van der Waals surface area contributed by atoms with Crippen molar-refractivity contribution in [2.45, 2.75) is 52.2 Å². The van der Waals surface area contributed by atoms with Gasteiger partial charge in [0.05, 0.1) is 11.5 Å². The van der Waals surface area contributed by atoms with Gasteiger partial charge in [0.25, 0.3) is 0 Å². The van der Waals surface area contributed by atoms with Gasteiger partial charge in [0.1, 0.15) is 17.9 Å². The molecule has 5 heteroatoms. The van der Waals surface area contributed by atoms with Crippen molar-refractivity contribution >= 4 is 11.8 Å². The Morgan fingerprint density at radius 3 is 2.60 bits per heavy atom. The molecule has 5 nitrogen and oxygen atoms in total. The van der Waals surface area contributed by atoms with Crippen molar-refractivity contribution in [3.05, 3.63) is 70.6 Å². The van der Waals surface area contributed by atoms with Gasteiger partial charge in [-0.25, -0.2) is 4.79 Å². The zero-order valence-electron chi connectivity index (χ0n) is 17.9. The zero-order chi connectivity index (χ0) is 21.7. The highest BCUT2D eigenvalue weighted by Gasteiger charge is 2.64. The monoisotopic (exact) mass is 408 g/mol. The summed E-state index contributed by atoms with van der Waals surface area (Å²) in [6.07, 6.45) is 13.3. The van der Waals surface area contributed by atoms with Crippen LogP contribution >= 0.6 is 0 Å². The zero-order valence-corrected chi connectivity index (χ0v) is 17.9. The molecule has 158 valence electrons. The second-order valence-corrected chi connectivity index (χ2v) is 9.02. The molecule has 5 aliphatic rings. The number of Topliss-reactive ketones (excluding diaryl/α,β-unsaturated/α-hetero) is 1. The van der Waals surface area contributed by atoms with Crippen molar-refractivity contribution < 1.29 is 24.2 Å². The number of fused-ring (bicyclic) bond motifs is 5. The van der Waals surface area contributed by atoms with Crippen molar-refractivity contribution in [2.24, 2.45) is 11.3 Å². The Morgan fingerprint density at radius 2 is 1.90 bits per heavy atom. The topological polar surface area (TPSA) is 72.8 Å². The molecule has 3 aliphatic heterocycles. The van der Waals surface area contributed by atoms with Gasteiger partial charge in [-0.05, 0) is 50.8 Å². The number of aliphatic hydroxyl groups is 1. The molecular weight excluding hydrogens is 380 g/mol. The number of carbonyl (C=O) groups excluding carboxylic acids is 2. The maximum atomic E-state index is 13.8. The number of allylic oxidation sites excluding steroid dienone is 4. The molecule has 1 unspecified atom stereocenters. The fraction of sp³-hybridized carbons (Fsp3) is 0.440. The first-order valence-corrected chi connectivity index (χ1v) is 10.4. The van der Waals surface area contributed by atoms with E-state index in [1.54, 1.807) is 18.2 Å². The van der Waals surface area contributed by atoms with Crippen LogP contribution in [0.5, 0.6) is 0 Å². The third kappa shape index (κ3) is 3.21. The van der Waals surface area contributed by atoms with Gasteiger partial charge in [0.2, 0.25) is 5.78 Å². The van der Waals surface area contributed by atoms with Crippen LogP contribution in [-0.4, -0.2) is 35.2 Å². The van der Waals surface area contributed by atoms with Gasteiger partial charge in [0, 0.05) is 6.42 Å². The number of hydrogen-bond acceptors (Lipinski definition) is 5. The molecule has 0 aromatic rings. The van der Waals surface area contributed by atoms with E-state index in [9.17, 15) is 14.7 Å². The predicted molar refractivity (Wildman–Crippen MR) is 113 cm³/mol. The Kier molecular flexibility index (Phi) is 4.97. The molecule has 5 rings (SSSR count). The molecule has 1 fully saturated rings. The summed E-state index contributed by atoms with van der Waals surface area (Å²) in [4.78, 5) is 26.7. The maximum Gasteiger partial charge on any atom is 0.346 e. The molecule has 0 aromatic carbocycles. The Hall–Kier alpha value is -2.66. The third-order valence-electron chi connectivity index (χ3n) is 6.62. The van der Waals surface area contributed by atoms with E-state index in [0.717, 1.165) is 16.7 Å². The largest absolute Gasteiger partial charge is 0.488 e. The van der Waals surface area contributed by atoms with Crippen molar-refractivity contribution in [2.75, 3.05) is 6.61 Å². The van der Waals surface area contributed by atoms with Gasteiger partial charge in [-0.15, -0.1) is 0 Å². The van der Waals surface area contributed by atoms with Crippen LogP contribution in [0.25, 0.3) is 0 Å². The van der Waals surface area contributed by atoms with Crippen molar-refractivity contribution in [3.8, 4) is 0 Å². The van der Waals surface area contributed by atoms with E-state index < -0.39 is 23.1 Å². The lowest BCUT2D eigenvalue weighted by atomic mass is 9.61. The molecule has 2 aliphatic carbocycles. The Labute approximate surface area is 177 Å². The normalized spacial score (nSPS) is 43.2. The van der Waals surface area contributed by atoms with Crippen molar-refractivity contribution in [3.63, 3.8) is 0 Å². The molecule has 4 bridgehead atoms. The van der Waals surface area contributed by atoms with Gasteiger partial charge < -0.3 is 14.6 Å². The number of ketones is 1. The van der Waals surface area contributed by atoms with E-state index in [2.05, 4.69) is 13.0 Å². The minimum absolute atomic E-state index is 0.0197. The Bertz CT molecular complexity index is 989. The molecule has 4 atom stereocenters. The van der Waals surface area contributed by atoms with Gasteiger partial charge in [-0.1, -0.05) is 48.5 Å². The molecular formula is C25H28O5. The molecule has 1 spiro atoms. The summed E-state index contributed by atoms with van der Waals surface area (Å²) >= 11 is 0. The lowest BCUT2D eigenvalue weighted by Gasteiger charge is -2.45. The van der Waals surface area contributed by atoms with Crippen LogP contribution in [0.4, 0.5) is 0 Å². The summed E-state index contributed by atoms with van der Waals surface area (Å²) < 4.78 is 11.7. The molecule has 1 saturated heterocycles. The minimum Gasteiger partial charge on any atom is -0.488 e. The summed E-state index contributed by atoms with van der Waals surface area (Å²) in [5.41, 5.74) is 0.782. The number of aliphatic hydroxyl groups excluding tert-OH is 1. The SMILES string of the molecule is CC1=C[C@]2(C)/C=C(C)/C=C/C[C@@H](O)/C=C3C=C/C(=C4\C(=O)O[C@]2(CC1C)C4=O)OC/3. The minimum atomic E-state index is -1.30. The average molecular weight is 408 g/mol. The molecule has 3 heterocycles. The number of hydrogen-bond donors (Lipinski definition) is 1. The van der Waals surface area contributed by atoms with Crippen molar-refractivity contribution in [1.82, 2.24) is 0 Å². The Balaban J connectivity index is 1.95. The molecule has 0 aromatic heterocycles. The smallest absolute Gasteiger partial charge is 0.346 e. The molecule has 1 N–H and O–H groups in total. The standard InChI is InChI=1S/C25H28O5/c1-15-6-5-7-19(26)10-18-8-9-20(29-14-18)21-22(27)25(30-23(21)28)13-17(3)16(2)12-24(25,4)11-15/h5-6,8-12,17,19,26H,7,13-14H2,1-4H3/b6-5+,15-11+,18-10-,21-20+/t17?,19-,24+,25-/m1/s1. The van der Waals surface area contributed by atoms with E-state index in [0.29, 0.717) is 12.8 Å². The van der Waals surface area contributed by atoms with Crippen LogP contribution in [-0.2, 0) is 19.1 Å². The number of carbonyl (C=O) groups is 2. The maximum absolute atomic E-state index is 13.8. The predicted octanol–water partition coefficient (Wildman–Crippen LogP) is 3.88. The van der Waals surface area contributed by atoms with E-state index >= 15 is 0 Å². The fourth-order valence-corrected chi connectivity index (χ4v) is 4.88. The highest BCUT2D eigenvalue weighted by molar-refractivity contribution is 6.26. The average Bonchev–Trinajstić information content (AvgIpc) is 2.91. The Morgan fingerprint density at radius 1 is 1.13 bits per heavy atom. The number of rotatable bonds is 0. The van der Waals surface area contributed by atoms with E-state index in [4.69, 9.17) is 9.47 Å². The number of ether oxygens (including phenoxy) is 2. The summed E-state index contributed by atoms with van der Waals surface area (Å²) in [6, 6.07) is 0. The first kappa shape index (κ1) is 20.6. The van der Waals surface area contributed by atoms with Crippen LogP contribution in [0.3, 0.4) is 0 Å². The lowest BCUT2D eigenvalue weighted by molar-refractivity contribution is -0.162.